The summed E-state index contributed by atoms with van der Waals surface area (Å²) in [7, 11) is 0. The summed E-state index contributed by atoms with van der Waals surface area (Å²) in [6, 6.07) is 4.94. The summed E-state index contributed by atoms with van der Waals surface area (Å²) in [5.74, 6) is 3.90. The van der Waals surface area contributed by atoms with Crippen LogP contribution in [0.2, 0.25) is 5.02 Å². The zero-order chi connectivity index (χ0) is 13.1. The van der Waals surface area contributed by atoms with E-state index >= 15 is 0 Å². The van der Waals surface area contributed by atoms with Crippen LogP contribution in [0.15, 0.2) is 24.4 Å². The summed E-state index contributed by atoms with van der Waals surface area (Å²) in [6.45, 7) is 0. The number of aromatic hydroxyl groups is 1. The highest BCUT2D eigenvalue weighted by Gasteiger charge is 2.09. The predicted octanol–water partition coefficient (Wildman–Crippen LogP) is 2.42. The molecule has 0 spiro atoms. The van der Waals surface area contributed by atoms with Crippen LogP contribution in [0.3, 0.4) is 0 Å². The van der Waals surface area contributed by atoms with Crippen molar-refractivity contribution in [2.24, 2.45) is 0 Å². The van der Waals surface area contributed by atoms with Crippen molar-refractivity contribution >= 4 is 28.5 Å². The van der Waals surface area contributed by atoms with Crippen LogP contribution in [0.25, 0.3) is 10.9 Å². The van der Waals surface area contributed by atoms with Gasteiger partial charge in [0.05, 0.1) is 10.6 Å². The number of phenolic OH excluding ortho intramolecular Hbond substituents is 1. The molecule has 4 nitrogen and oxygen atoms in total. The van der Waals surface area contributed by atoms with E-state index in [9.17, 15) is 9.90 Å². The van der Waals surface area contributed by atoms with Gasteiger partial charge < -0.3 is 10.2 Å². The van der Waals surface area contributed by atoms with Crippen molar-refractivity contribution < 1.29 is 15.0 Å². The monoisotopic (exact) mass is 261 g/mol. The number of carboxylic acids is 1. The summed E-state index contributed by atoms with van der Waals surface area (Å²) < 4.78 is 0. The second kappa shape index (κ2) is 4.94. The molecule has 5 heteroatoms. The molecule has 0 aliphatic carbocycles. The lowest BCUT2D eigenvalue weighted by molar-refractivity contribution is -0.135. The van der Waals surface area contributed by atoms with Crippen molar-refractivity contribution in [3.05, 3.63) is 35.0 Å². The molecule has 1 aromatic heterocycles. The van der Waals surface area contributed by atoms with Gasteiger partial charge in [-0.3, -0.25) is 9.78 Å². The topological polar surface area (TPSA) is 70.4 Å². The molecule has 0 fully saturated rings. The van der Waals surface area contributed by atoms with Crippen molar-refractivity contribution in [3.63, 3.8) is 0 Å². The number of benzene rings is 1. The lowest BCUT2D eigenvalue weighted by Gasteiger charge is -2.04. The normalized spacial score (nSPS) is 9.83. The van der Waals surface area contributed by atoms with Crippen molar-refractivity contribution in [2.45, 2.75) is 6.42 Å². The maximum atomic E-state index is 10.4. The van der Waals surface area contributed by atoms with Gasteiger partial charge in [0.2, 0.25) is 0 Å². The van der Waals surface area contributed by atoms with Crippen LogP contribution in [0, 0.1) is 11.8 Å². The van der Waals surface area contributed by atoms with Crippen LogP contribution in [0.4, 0.5) is 0 Å². The Balaban J connectivity index is 2.55. The first-order valence-electron chi connectivity index (χ1n) is 5.06. The number of hydrogen-bond donors (Lipinski definition) is 2. The number of carboxylic acid groups (broad SMARTS) is 1. The van der Waals surface area contributed by atoms with Crippen molar-refractivity contribution in [3.8, 4) is 17.6 Å². The number of aromatic nitrogens is 1. The van der Waals surface area contributed by atoms with Crippen molar-refractivity contribution in [1.29, 1.82) is 0 Å². The fourth-order valence-corrected chi connectivity index (χ4v) is 1.76. The molecule has 0 atom stereocenters. The van der Waals surface area contributed by atoms with Gasteiger partial charge in [-0.25, -0.2) is 0 Å². The van der Waals surface area contributed by atoms with Gasteiger partial charge in [-0.05, 0) is 18.2 Å². The number of hydrogen-bond acceptors (Lipinski definition) is 3. The van der Waals surface area contributed by atoms with Crippen LogP contribution < -0.4 is 0 Å². The first-order chi connectivity index (χ1) is 8.59. The highest BCUT2D eigenvalue weighted by atomic mass is 35.5. The van der Waals surface area contributed by atoms with E-state index in [1.165, 1.54) is 12.3 Å². The first kappa shape index (κ1) is 12.2. The Labute approximate surface area is 108 Å². The summed E-state index contributed by atoms with van der Waals surface area (Å²) >= 11 is 6.04. The average molecular weight is 262 g/mol. The molecular weight excluding hydrogens is 254 g/mol. The van der Waals surface area contributed by atoms with E-state index in [1.807, 2.05) is 0 Å². The van der Waals surface area contributed by atoms with E-state index in [2.05, 4.69) is 16.8 Å². The molecule has 0 amide bonds. The molecule has 2 rings (SSSR count). The number of fused-ring (bicyclic) bond motifs is 1. The standard InChI is InChI=1S/C13H8ClNO3/c14-10-7-8(3-1-5-11(16)17)13(18)12-9(10)4-2-6-15-12/h2,4,6-7,18H,5H2,(H,16,17). The molecule has 1 aromatic carbocycles. The minimum atomic E-state index is -1.02. The Morgan fingerprint density at radius 1 is 1.50 bits per heavy atom. The largest absolute Gasteiger partial charge is 0.504 e. The first-order valence-corrected chi connectivity index (χ1v) is 5.44. The summed E-state index contributed by atoms with van der Waals surface area (Å²) in [4.78, 5) is 14.4. The van der Waals surface area contributed by atoms with E-state index in [0.29, 0.717) is 15.9 Å². The third-order valence-electron chi connectivity index (χ3n) is 2.28. The van der Waals surface area contributed by atoms with Crippen LogP contribution in [0.1, 0.15) is 12.0 Å². The second-order valence-electron chi connectivity index (χ2n) is 3.53. The van der Waals surface area contributed by atoms with Gasteiger partial charge in [-0.1, -0.05) is 23.4 Å². The molecule has 0 radical (unpaired) electrons. The van der Waals surface area contributed by atoms with Crippen LogP contribution in [0.5, 0.6) is 5.75 Å². The number of phenols is 1. The number of carbonyl (C=O) groups is 1. The smallest absolute Gasteiger partial charge is 0.315 e. The van der Waals surface area contributed by atoms with Crippen LogP contribution >= 0.6 is 11.6 Å². The number of rotatable bonds is 1. The molecule has 90 valence electrons. The lowest BCUT2D eigenvalue weighted by atomic mass is 10.1. The molecule has 0 aliphatic heterocycles. The zero-order valence-corrected chi connectivity index (χ0v) is 9.90. The van der Waals surface area contributed by atoms with Gasteiger partial charge in [-0.2, -0.15) is 0 Å². The Kier molecular flexibility index (Phi) is 3.35. The minimum Gasteiger partial charge on any atom is -0.504 e. The van der Waals surface area contributed by atoms with Gasteiger partial charge in [-0.15, -0.1) is 0 Å². The Hall–Kier alpha value is -2.25. The Bertz CT molecular complexity index is 686. The highest BCUT2D eigenvalue weighted by molar-refractivity contribution is 6.35. The van der Waals surface area contributed by atoms with Crippen molar-refractivity contribution in [1.82, 2.24) is 4.98 Å². The van der Waals surface area contributed by atoms with Crippen LogP contribution in [-0.4, -0.2) is 21.2 Å². The maximum Gasteiger partial charge on any atom is 0.315 e. The number of aliphatic carboxylic acids is 1. The maximum absolute atomic E-state index is 10.4. The molecule has 0 saturated heterocycles. The van der Waals surface area contributed by atoms with Crippen LogP contribution in [-0.2, 0) is 4.79 Å². The minimum absolute atomic E-state index is 0.0899. The second-order valence-corrected chi connectivity index (χ2v) is 3.93. The quantitative estimate of drug-likeness (QED) is 0.774. The third kappa shape index (κ3) is 2.36. The summed E-state index contributed by atoms with van der Waals surface area (Å²) in [5.41, 5.74) is 0.622. The zero-order valence-electron chi connectivity index (χ0n) is 9.14. The number of halogens is 1. The van der Waals surface area contributed by atoms with Gasteiger partial charge in [0, 0.05) is 11.6 Å². The lowest BCUT2D eigenvalue weighted by Crippen LogP contribution is -1.90. The SMILES string of the molecule is O=C(O)CC#Cc1cc(Cl)c2cccnc2c1O. The Morgan fingerprint density at radius 3 is 3.00 bits per heavy atom. The molecule has 0 saturated carbocycles. The van der Waals surface area contributed by atoms with E-state index in [1.54, 1.807) is 12.1 Å². The van der Waals surface area contributed by atoms with Gasteiger partial charge in [0.1, 0.15) is 11.9 Å². The molecule has 2 aromatic rings. The fraction of sp³-hybridized carbons (Fsp3) is 0.0769. The summed E-state index contributed by atoms with van der Waals surface area (Å²) in [5, 5.41) is 19.5. The highest BCUT2D eigenvalue weighted by Crippen LogP contribution is 2.32. The summed E-state index contributed by atoms with van der Waals surface area (Å²) in [6.07, 6.45) is 1.24. The van der Waals surface area contributed by atoms with E-state index < -0.39 is 5.97 Å². The van der Waals surface area contributed by atoms with E-state index in [4.69, 9.17) is 16.7 Å². The molecule has 0 bridgehead atoms. The number of pyridine rings is 1. The average Bonchev–Trinajstić information content (AvgIpc) is 2.35. The van der Waals surface area contributed by atoms with E-state index in [0.717, 1.165) is 0 Å². The predicted molar refractivity (Wildman–Crippen MR) is 67.5 cm³/mol. The van der Waals surface area contributed by atoms with E-state index in [-0.39, 0.29) is 17.7 Å². The third-order valence-corrected chi connectivity index (χ3v) is 2.59. The van der Waals surface area contributed by atoms with Gasteiger partial charge in [0.15, 0.2) is 5.75 Å². The Morgan fingerprint density at radius 2 is 2.28 bits per heavy atom. The molecule has 18 heavy (non-hydrogen) atoms. The van der Waals surface area contributed by atoms with Crippen molar-refractivity contribution in [2.75, 3.05) is 0 Å². The molecule has 2 N–H and O–H groups in total. The molecule has 1 heterocycles. The number of nitrogens with zero attached hydrogens (tertiary/aromatic N) is 1. The molecule has 0 aliphatic rings. The van der Waals surface area contributed by atoms with Gasteiger partial charge >= 0.3 is 5.97 Å². The fourth-order valence-electron chi connectivity index (χ4n) is 1.50. The van der Waals surface area contributed by atoms with Gasteiger partial charge in [0.25, 0.3) is 0 Å². The molecular formula is C13H8ClNO3. The molecule has 0 unspecified atom stereocenters.